The van der Waals surface area contributed by atoms with Crippen molar-refractivity contribution in [2.45, 2.75) is 19.9 Å². The molecule has 0 radical (unpaired) electrons. The number of nitrogens with one attached hydrogen (secondary N) is 2. The number of rotatable bonds is 7. The Morgan fingerprint density at radius 2 is 2.08 bits per heavy atom. The molecule has 0 fully saturated rings. The summed E-state index contributed by atoms with van der Waals surface area (Å²) in [4.78, 5) is 18.9. The Bertz CT molecular complexity index is 741. The third-order valence-electron chi connectivity index (χ3n) is 3.24. The highest BCUT2D eigenvalue weighted by molar-refractivity contribution is 6.31. The van der Waals surface area contributed by atoms with E-state index in [0.29, 0.717) is 17.3 Å². The summed E-state index contributed by atoms with van der Waals surface area (Å²) in [7, 11) is 1.56. The van der Waals surface area contributed by atoms with Gasteiger partial charge in [-0.15, -0.1) is 0 Å². The van der Waals surface area contributed by atoms with Crippen molar-refractivity contribution in [1.29, 1.82) is 0 Å². The van der Waals surface area contributed by atoms with Crippen molar-refractivity contribution in [1.82, 2.24) is 9.97 Å². The zero-order valence-corrected chi connectivity index (χ0v) is 14.3. The van der Waals surface area contributed by atoms with Crippen LogP contribution in [0.2, 0.25) is 5.02 Å². The van der Waals surface area contributed by atoms with E-state index in [9.17, 15) is 10.1 Å². The first-order valence-corrected chi connectivity index (χ1v) is 7.58. The molecule has 0 spiro atoms. The van der Waals surface area contributed by atoms with Crippen LogP contribution in [0.25, 0.3) is 0 Å². The molecular formula is C15H18ClN5O3. The van der Waals surface area contributed by atoms with Crippen molar-refractivity contribution in [2.75, 3.05) is 24.4 Å². The van der Waals surface area contributed by atoms with Gasteiger partial charge in [-0.25, -0.2) is 9.97 Å². The van der Waals surface area contributed by atoms with Gasteiger partial charge in [0, 0.05) is 23.9 Å². The molecule has 0 aliphatic carbocycles. The lowest BCUT2D eigenvalue weighted by atomic mass is 10.2. The van der Waals surface area contributed by atoms with Crippen LogP contribution in [-0.2, 0) is 4.74 Å². The second-order valence-electron chi connectivity index (χ2n) is 5.27. The molecule has 2 N–H and O–H groups in total. The molecular weight excluding hydrogens is 334 g/mol. The van der Waals surface area contributed by atoms with Gasteiger partial charge in [0.1, 0.15) is 6.33 Å². The van der Waals surface area contributed by atoms with Crippen LogP contribution < -0.4 is 10.6 Å². The summed E-state index contributed by atoms with van der Waals surface area (Å²) in [6, 6.07) is 5.12. The molecule has 1 heterocycles. The summed E-state index contributed by atoms with van der Waals surface area (Å²) in [5, 5.41) is 17.9. The number of anilines is 3. The summed E-state index contributed by atoms with van der Waals surface area (Å²) in [6.45, 7) is 4.10. The number of nitro groups is 1. The smallest absolute Gasteiger partial charge is 0.353 e. The standard InChI is InChI=1S/C15H18ClN5O3/c1-9-4-5-11(6-12(9)16)20-15-13(21(22)23)14(17-8-18-15)19-10(2)7-24-3/h4-6,8,10H,7H2,1-3H3,(H2,17,18,19,20). The fourth-order valence-electron chi connectivity index (χ4n) is 2.08. The van der Waals surface area contributed by atoms with E-state index < -0.39 is 4.92 Å². The van der Waals surface area contributed by atoms with Crippen LogP contribution in [0.5, 0.6) is 0 Å². The minimum atomic E-state index is -0.528. The number of methoxy groups -OCH3 is 1. The van der Waals surface area contributed by atoms with E-state index in [4.69, 9.17) is 16.3 Å². The Morgan fingerprint density at radius 1 is 1.38 bits per heavy atom. The van der Waals surface area contributed by atoms with E-state index in [1.54, 1.807) is 19.2 Å². The lowest BCUT2D eigenvalue weighted by Gasteiger charge is -2.14. The molecule has 9 heteroatoms. The van der Waals surface area contributed by atoms with E-state index in [1.165, 1.54) is 6.33 Å². The Balaban J connectivity index is 2.35. The van der Waals surface area contributed by atoms with Crippen molar-refractivity contribution in [3.05, 3.63) is 45.2 Å². The highest BCUT2D eigenvalue weighted by Crippen LogP contribution is 2.32. The molecule has 2 rings (SSSR count). The van der Waals surface area contributed by atoms with Crippen molar-refractivity contribution in [3.8, 4) is 0 Å². The Kier molecular flexibility index (Phi) is 5.88. The molecule has 0 bridgehead atoms. The van der Waals surface area contributed by atoms with Crippen LogP contribution in [0, 0.1) is 17.0 Å². The molecule has 2 aromatic rings. The summed E-state index contributed by atoms with van der Waals surface area (Å²) in [5.41, 5.74) is 1.27. The molecule has 0 saturated heterocycles. The molecule has 1 atom stereocenters. The average molecular weight is 352 g/mol. The van der Waals surface area contributed by atoms with Crippen LogP contribution in [0.15, 0.2) is 24.5 Å². The Labute approximate surface area is 144 Å². The van der Waals surface area contributed by atoms with Crippen LogP contribution in [-0.4, -0.2) is 34.6 Å². The largest absolute Gasteiger partial charge is 0.383 e. The molecule has 24 heavy (non-hydrogen) atoms. The maximum Gasteiger partial charge on any atom is 0.353 e. The maximum absolute atomic E-state index is 11.5. The van der Waals surface area contributed by atoms with Crippen LogP contribution >= 0.6 is 11.6 Å². The molecule has 0 aliphatic rings. The summed E-state index contributed by atoms with van der Waals surface area (Å²) in [6.07, 6.45) is 1.26. The van der Waals surface area contributed by atoms with E-state index in [-0.39, 0.29) is 23.4 Å². The molecule has 128 valence electrons. The molecule has 1 aromatic heterocycles. The molecule has 0 amide bonds. The van der Waals surface area contributed by atoms with Crippen molar-refractivity contribution in [3.63, 3.8) is 0 Å². The molecule has 1 unspecified atom stereocenters. The highest BCUT2D eigenvalue weighted by Gasteiger charge is 2.24. The second kappa shape index (κ2) is 7.89. The van der Waals surface area contributed by atoms with Crippen molar-refractivity contribution in [2.24, 2.45) is 0 Å². The van der Waals surface area contributed by atoms with Gasteiger partial charge in [0.15, 0.2) is 0 Å². The molecule has 1 aromatic carbocycles. The quantitative estimate of drug-likeness (QED) is 0.581. The first-order chi connectivity index (χ1) is 11.4. The SMILES string of the molecule is COCC(C)Nc1ncnc(Nc2ccc(C)c(Cl)c2)c1[N+](=O)[O-]. The number of aromatic nitrogens is 2. The lowest BCUT2D eigenvalue weighted by Crippen LogP contribution is -2.22. The van der Waals surface area contributed by atoms with Gasteiger partial charge in [0.2, 0.25) is 11.6 Å². The van der Waals surface area contributed by atoms with Gasteiger partial charge in [-0.2, -0.15) is 0 Å². The number of benzene rings is 1. The first kappa shape index (κ1) is 17.9. The van der Waals surface area contributed by atoms with Crippen LogP contribution in [0.1, 0.15) is 12.5 Å². The number of hydrogen-bond donors (Lipinski definition) is 2. The van der Waals surface area contributed by atoms with Gasteiger partial charge in [-0.1, -0.05) is 17.7 Å². The lowest BCUT2D eigenvalue weighted by molar-refractivity contribution is -0.383. The van der Waals surface area contributed by atoms with Gasteiger partial charge in [-0.05, 0) is 31.5 Å². The number of aryl methyl sites for hydroxylation is 1. The molecule has 0 aliphatic heterocycles. The number of nitrogens with zero attached hydrogens (tertiary/aromatic N) is 3. The fourth-order valence-corrected chi connectivity index (χ4v) is 2.26. The van der Waals surface area contributed by atoms with E-state index >= 15 is 0 Å². The average Bonchev–Trinajstić information content (AvgIpc) is 2.51. The summed E-state index contributed by atoms with van der Waals surface area (Å²) >= 11 is 6.08. The van der Waals surface area contributed by atoms with Crippen LogP contribution in [0.3, 0.4) is 0 Å². The van der Waals surface area contributed by atoms with Gasteiger partial charge >= 0.3 is 5.69 Å². The molecule has 8 nitrogen and oxygen atoms in total. The van der Waals surface area contributed by atoms with Crippen molar-refractivity contribution >= 4 is 34.6 Å². The zero-order chi connectivity index (χ0) is 17.7. The van der Waals surface area contributed by atoms with E-state index in [2.05, 4.69) is 20.6 Å². The van der Waals surface area contributed by atoms with Gasteiger partial charge in [0.05, 0.1) is 11.5 Å². The number of ether oxygens (including phenoxy) is 1. The van der Waals surface area contributed by atoms with E-state index in [0.717, 1.165) is 5.56 Å². The molecule has 0 saturated carbocycles. The summed E-state index contributed by atoms with van der Waals surface area (Å²) in [5.74, 6) is 0.210. The number of halogens is 1. The fraction of sp³-hybridized carbons (Fsp3) is 0.333. The highest BCUT2D eigenvalue weighted by atomic mass is 35.5. The topological polar surface area (TPSA) is 102 Å². The second-order valence-corrected chi connectivity index (χ2v) is 5.67. The van der Waals surface area contributed by atoms with Gasteiger partial charge in [0.25, 0.3) is 0 Å². The monoisotopic (exact) mass is 351 g/mol. The van der Waals surface area contributed by atoms with Crippen LogP contribution in [0.4, 0.5) is 23.0 Å². The Morgan fingerprint density at radius 3 is 2.71 bits per heavy atom. The predicted molar refractivity (Wildman–Crippen MR) is 93.1 cm³/mol. The van der Waals surface area contributed by atoms with Crippen molar-refractivity contribution < 1.29 is 9.66 Å². The van der Waals surface area contributed by atoms with Gasteiger partial charge in [-0.3, -0.25) is 10.1 Å². The normalized spacial score (nSPS) is 11.8. The third-order valence-corrected chi connectivity index (χ3v) is 3.65. The first-order valence-electron chi connectivity index (χ1n) is 7.20. The maximum atomic E-state index is 11.5. The predicted octanol–water partition coefficient (Wildman–Crippen LogP) is 3.54. The number of hydrogen-bond acceptors (Lipinski definition) is 7. The minimum Gasteiger partial charge on any atom is -0.383 e. The van der Waals surface area contributed by atoms with Gasteiger partial charge < -0.3 is 15.4 Å². The summed E-state index contributed by atoms with van der Waals surface area (Å²) < 4.78 is 5.02. The van der Waals surface area contributed by atoms with E-state index in [1.807, 2.05) is 19.9 Å². The Hall–Kier alpha value is -2.45. The minimum absolute atomic E-state index is 0.0852. The zero-order valence-electron chi connectivity index (χ0n) is 13.5. The third kappa shape index (κ3) is 4.30.